The number of carbonyl (C=O) groups excluding carboxylic acids is 1. The van der Waals surface area contributed by atoms with Crippen molar-refractivity contribution >= 4 is 28.4 Å². The summed E-state index contributed by atoms with van der Waals surface area (Å²) in [6.45, 7) is 4.91. The Morgan fingerprint density at radius 3 is 3.08 bits per heavy atom. The van der Waals surface area contributed by atoms with Gasteiger partial charge in [0.15, 0.2) is 0 Å². The summed E-state index contributed by atoms with van der Waals surface area (Å²) in [5.41, 5.74) is 8.29. The van der Waals surface area contributed by atoms with Crippen LogP contribution >= 0.6 is 11.6 Å². The largest absolute Gasteiger partial charge is 0.350 e. The molecule has 2 aliphatic rings. The van der Waals surface area contributed by atoms with Gasteiger partial charge in [-0.1, -0.05) is 31.0 Å². The van der Waals surface area contributed by atoms with Crippen molar-refractivity contribution in [2.75, 3.05) is 19.6 Å². The lowest BCUT2D eigenvalue weighted by Gasteiger charge is -2.37. The van der Waals surface area contributed by atoms with Crippen LogP contribution in [0.4, 0.5) is 0 Å². The van der Waals surface area contributed by atoms with Crippen LogP contribution in [0.25, 0.3) is 10.9 Å². The van der Waals surface area contributed by atoms with Crippen molar-refractivity contribution in [3.05, 3.63) is 35.0 Å². The van der Waals surface area contributed by atoms with Crippen molar-refractivity contribution in [2.45, 2.75) is 32.2 Å². The third-order valence-electron chi connectivity index (χ3n) is 5.76. The number of hydrazine groups is 1. The predicted octanol–water partition coefficient (Wildman–Crippen LogP) is 3.18. The molecule has 0 aliphatic carbocycles. The van der Waals surface area contributed by atoms with Gasteiger partial charge in [0.05, 0.1) is 0 Å². The first-order valence-corrected chi connectivity index (χ1v) is 9.60. The Morgan fingerprint density at radius 2 is 2.28 bits per heavy atom. The lowest BCUT2D eigenvalue weighted by molar-refractivity contribution is 0.0629. The molecule has 134 valence electrons. The number of aromatic amines is 1. The Kier molecular flexibility index (Phi) is 4.71. The topological polar surface area (TPSA) is 60.2 Å². The van der Waals surface area contributed by atoms with Crippen LogP contribution in [0.3, 0.4) is 0 Å². The van der Waals surface area contributed by atoms with E-state index in [1.807, 2.05) is 29.2 Å². The summed E-state index contributed by atoms with van der Waals surface area (Å²) in [5, 5.41) is 1.59. The van der Waals surface area contributed by atoms with Gasteiger partial charge in [-0.15, -0.1) is 0 Å². The SMILES string of the molecule is CCC1CNNC1C1CCCN(C(=O)c2cc3c(Cl)cccc3[nH]2)C1. The number of hydrogen-bond acceptors (Lipinski definition) is 3. The smallest absolute Gasteiger partial charge is 0.270 e. The van der Waals surface area contributed by atoms with Gasteiger partial charge < -0.3 is 9.88 Å². The molecule has 0 bridgehead atoms. The van der Waals surface area contributed by atoms with Crippen molar-refractivity contribution in [3.8, 4) is 0 Å². The molecule has 0 radical (unpaired) electrons. The Balaban J connectivity index is 1.52. The Labute approximate surface area is 153 Å². The number of rotatable bonds is 3. The summed E-state index contributed by atoms with van der Waals surface area (Å²) < 4.78 is 0. The van der Waals surface area contributed by atoms with Gasteiger partial charge in [-0.25, -0.2) is 0 Å². The minimum absolute atomic E-state index is 0.0796. The Bertz CT molecular complexity index is 774. The van der Waals surface area contributed by atoms with Gasteiger partial charge in [0.2, 0.25) is 0 Å². The maximum absolute atomic E-state index is 13.0. The maximum Gasteiger partial charge on any atom is 0.270 e. The van der Waals surface area contributed by atoms with Crippen LogP contribution in [0.2, 0.25) is 5.02 Å². The van der Waals surface area contributed by atoms with E-state index >= 15 is 0 Å². The van der Waals surface area contributed by atoms with E-state index in [4.69, 9.17) is 11.6 Å². The highest BCUT2D eigenvalue weighted by molar-refractivity contribution is 6.35. The summed E-state index contributed by atoms with van der Waals surface area (Å²) in [5.74, 6) is 1.23. The number of nitrogens with zero attached hydrogens (tertiary/aromatic N) is 1. The highest BCUT2D eigenvalue weighted by Crippen LogP contribution is 2.29. The molecule has 4 rings (SSSR count). The monoisotopic (exact) mass is 360 g/mol. The molecule has 3 heterocycles. The zero-order chi connectivity index (χ0) is 17.4. The van der Waals surface area contributed by atoms with Crippen molar-refractivity contribution in [3.63, 3.8) is 0 Å². The van der Waals surface area contributed by atoms with Gasteiger partial charge in [0, 0.05) is 41.6 Å². The highest BCUT2D eigenvalue weighted by Gasteiger charge is 2.36. The van der Waals surface area contributed by atoms with E-state index in [1.165, 1.54) is 6.42 Å². The molecule has 6 heteroatoms. The fourth-order valence-electron chi connectivity index (χ4n) is 4.35. The number of likely N-dealkylation sites (tertiary alicyclic amines) is 1. The minimum Gasteiger partial charge on any atom is -0.350 e. The number of piperidine rings is 1. The van der Waals surface area contributed by atoms with E-state index in [0.29, 0.717) is 28.6 Å². The van der Waals surface area contributed by atoms with Gasteiger partial charge >= 0.3 is 0 Å². The second-order valence-electron chi connectivity index (χ2n) is 7.26. The molecule has 5 nitrogen and oxygen atoms in total. The van der Waals surface area contributed by atoms with E-state index in [9.17, 15) is 4.79 Å². The predicted molar refractivity (Wildman–Crippen MR) is 101 cm³/mol. The number of fused-ring (bicyclic) bond motifs is 1. The van der Waals surface area contributed by atoms with Crippen LogP contribution in [0.1, 0.15) is 36.7 Å². The molecule has 0 saturated carbocycles. The molecule has 25 heavy (non-hydrogen) atoms. The molecule has 3 N–H and O–H groups in total. The fourth-order valence-corrected chi connectivity index (χ4v) is 4.57. The first-order valence-electron chi connectivity index (χ1n) is 9.22. The fraction of sp³-hybridized carbons (Fsp3) is 0.526. The molecule has 3 atom stereocenters. The van der Waals surface area contributed by atoms with Gasteiger partial charge in [-0.3, -0.25) is 15.6 Å². The lowest BCUT2D eigenvalue weighted by Crippen LogP contribution is -2.48. The minimum atomic E-state index is 0.0796. The number of halogens is 1. The lowest BCUT2D eigenvalue weighted by atomic mass is 9.83. The summed E-state index contributed by atoms with van der Waals surface area (Å²) in [6, 6.07) is 8.05. The van der Waals surface area contributed by atoms with E-state index < -0.39 is 0 Å². The molecule has 2 saturated heterocycles. The van der Waals surface area contributed by atoms with Gasteiger partial charge in [0.1, 0.15) is 5.69 Å². The maximum atomic E-state index is 13.0. The van der Waals surface area contributed by atoms with Crippen LogP contribution in [-0.2, 0) is 0 Å². The number of benzene rings is 1. The number of amides is 1. The molecule has 2 fully saturated rings. The number of nitrogens with one attached hydrogen (secondary N) is 3. The average molecular weight is 361 g/mol. The average Bonchev–Trinajstić information content (AvgIpc) is 3.28. The van der Waals surface area contributed by atoms with E-state index in [1.54, 1.807) is 0 Å². The summed E-state index contributed by atoms with van der Waals surface area (Å²) in [7, 11) is 0. The van der Waals surface area contributed by atoms with Gasteiger partial charge in [-0.05, 0) is 42.9 Å². The molecule has 2 aromatic rings. The van der Waals surface area contributed by atoms with Crippen molar-refractivity contribution in [1.29, 1.82) is 0 Å². The van der Waals surface area contributed by atoms with Crippen molar-refractivity contribution in [2.24, 2.45) is 11.8 Å². The second kappa shape index (κ2) is 6.98. The van der Waals surface area contributed by atoms with Crippen molar-refractivity contribution < 1.29 is 4.79 Å². The molecular weight excluding hydrogens is 336 g/mol. The Hall–Kier alpha value is -1.56. The molecule has 2 aliphatic heterocycles. The summed E-state index contributed by atoms with van der Waals surface area (Å²) in [6.07, 6.45) is 3.40. The zero-order valence-corrected chi connectivity index (χ0v) is 15.3. The molecule has 3 unspecified atom stereocenters. The van der Waals surface area contributed by atoms with Gasteiger partial charge in [0.25, 0.3) is 5.91 Å². The van der Waals surface area contributed by atoms with Crippen LogP contribution in [0.5, 0.6) is 0 Å². The molecule has 1 aromatic heterocycles. The number of hydrogen-bond donors (Lipinski definition) is 3. The van der Waals surface area contributed by atoms with E-state index in [-0.39, 0.29) is 5.91 Å². The van der Waals surface area contributed by atoms with Gasteiger partial charge in [-0.2, -0.15) is 0 Å². The zero-order valence-electron chi connectivity index (χ0n) is 14.5. The van der Waals surface area contributed by atoms with E-state index in [2.05, 4.69) is 22.8 Å². The molecule has 1 amide bonds. The summed E-state index contributed by atoms with van der Waals surface area (Å²) in [4.78, 5) is 18.2. The normalized spacial score (nSPS) is 27.1. The Morgan fingerprint density at radius 1 is 1.40 bits per heavy atom. The quantitative estimate of drug-likeness (QED) is 0.787. The van der Waals surface area contributed by atoms with Crippen LogP contribution < -0.4 is 10.9 Å². The number of aromatic nitrogens is 1. The summed E-state index contributed by atoms with van der Waals surface area (Å²) >= 11 is 6.24. The third-order valence-corrected chi connectivity index (χ3v) is 6.09. The first kappa shape index (κ1) is 16.9. The molecular formula is C19H25ClN4O. The van der Waals surface area contributed by atoms with E-state index in [0.717, 1.165) is 43.4 Å². The first-order chi connectivity index (χ1) is 12.2. The standard InChI is InChI=1S/C19H25ClN4O/c1-2-12-10-21-23-18(12)13-5-4-8-24(11-13)19(25)17-9-14-15(20)6-3-7-16(14)22-17/h3,6-7,9,12-13,18,21-23H,2,4-5,8,10-11H2,1H3. The van der Waals surface area contributed by atoms with Crippen LogP contribution in [0.15, 0.2) is 24.3 Å². The van der Waals surface area contributed by atoms with Crippen LogP contribution in [0, 0.1) is 11.8 Å². The molecule has 1 aromatic carbocycles. The van der Waals surface area contributed by atoms with Crippen molar-refractivity contribution in [1.82, 2.24) is 20.7 Å². The number of H-pyrrole nitrogens is 1. The van der Waals surface area contributed by atoms with Crippen LogP contribution in [-0.4, -0.2) is 41.5 Å². The number of carbonyl (C=O) groups is 1. The highest BCUT2D eigenvalue weighted by atomic mass is 35.5. The third kappa shape index (κ3) is 3.16. The molecule has 0 spiro atoms. The second-order valence-corrected chi connectivity index (χ2v) is 7.66.